The lowest BCUT2D eigenvalue weighted by molar-refractivity contribution is 0.0529. The Morgan fingerprint density at radius 3 is 2.63 bits per heavy atom. The molecule has 1 amide bonds. The predicted molar refractivity (Wildman–Crippen MR) is 70.9 cm³/mol. The zero-order valence-electron chi connectivity index (χ0n) is 12.0. The van der Waals surface area contributed by atoms with Gasteiger partial charge in [-0.15, -0.1) is 0 Å². The first-order valence-corrected chi connectivity index (χ1v) is 6.73. The fourth-order valence-electron chi connectivity index (χ4n) is 2.43. The first-order valence-electron chi connectivity index (χ1n) is 6.73. The van der Waals surface area contributed by atoms with Gasteiger partial charge in [-0.05, 0) is 19.3 Å². The lowest BCUT2D eigenvalue weighted by Gasteiger charge is -2.26. The van der Waals surface area contributed by atoms with Crippen molar-refractivity contribution in [2.45, 2.75) is 57.6 Å². The molecule has 1 fully saturated rings. The van der Waals surface area contributed by atoms with Crippen LogP contribution in [0.25, 0.3) is 0 Å². The van der Waals surface area contributed by atoms with Crippen molar-refractivity contribution in [3.8, 4) is 0 Å². The SMILES string of the molecule is CN(C(=O)c1cc(C(C)(C)C)on1)[C@@H]1CCC[C@H]1O. The standard InChI is InChI=1S/C14H22N2O3/c1-14(2,3)12-8-9(15-19-12)13(18)16(4)10-6-5-7-11(10)17/h8,10-11,17H,5-7H2,1-4H3/t10-,11-/m1/s1. The number of hydrogen-bond donors (Lipinski definition) is 1. The first kappa shape index (κ1) is 14.1. The van der Waals surface area contributed by atoms with Crippen molar-refractivity contribution in [1.82, 2.24) is 10.1 Å². The molecular formula is C14H22N2O3. The van der Waals surface area contributed by atoms with E-state index in [1.165, 1.54) is 0 Å². The Labute approximate surface area is 113 Å². The molecule has 1 aliphatic carbocycles. The fourth-order valence-corrected chi connectivity index (χ4v) is 2.43. The minimum atomic E-state index is -0.428. The molecule has 2 rings (SSSR count). The number of carbonyl (C=O) groups excluding carboxylic acids is 1. The second-order valence-corrected chi connectivity index (χ2v) is 6.31. The summed E-state index contributed by atoms with van der Waals surface area (Å²) in [7, 11) is 1.72. The topological polar surface area (TPSA) is 66.6 Å². The molecule has 1 N–H and O–H groups in total. The summed E-state index contributed by atoms with van der Waals surface area (Å²) in [5.41, 5.74) is 0.142. The quantitative estimate of drug-likeness (QED) is 0.888. The number of likely N-dealkylation sites (N-methyl/N-ethyl adjacent to an activating group) is 1. The van der Waals surface area contributed by atoms with Crippen LogP contribution in [0, 0.1) is 0 Å². The van der Waals surface area contributed by atoms with Crippen molar-refractivity contribution in [1.29, 1.82) is 0 Å². The maximum atomic E-state index is 12.3. The largest absolute Gasteiger partial charge is 0.391 e. The van der Waals surface area contributed by atoms with Gasteiger partial charge in [0.1, 0.15) is 5.76 Å². The van der Waals surface area contributed by atoms with Gasteiger partial charge in [0.15, 0.2) is 5.69 Å². The molecule has 1 aromatic heterocycles. The van der Waals surface area contributed by atoms with E-state index in [9.17, 15) is 9.90 Å². The fraction of sp³-hybridized carbons (Fsp3) is 0.714. The van der Waals surface area contributed by atoms with Crippen LogP contribution in [0.5, 0.6) is 0 Å². The Hall–Kier alpha value is -1.36. The van der Waals surface area contributed by atoms with Crippen LogP contribution in [0.3, 0.4) is 0 Å². The van der Waals surface area contributed by atoms with E-state index in [2.05, 4.69) is 5.16 Å². The molecule has 106 valence electrons. The number of aromatic nitrogens is 1. The van der Waals surface area contributed by atoms with Crippen LogP contribution in [-0.2, 0) is 5.41 Å². The van der Waals surface area contributed by atoms with Gasteiger partial charge < -0.3 is 14.5 Å². The van der Waals surface area contributed by atoms with E-state index < -0.39 is 6.10 Å². The molecule has 5 heteroatoms. The predicted octanol–water partition coefficient (Wildman–Crippen LogP) is 1.96. The molecule has 19 heavy (non-hydrogen) atoms. The van der Waals surface area contributed by atoms with Gasteiger partial charge in [0.25, 0.3) is 5.91 Å². The summed E-state index contributed by atoms with van der Waals surface area (Å²) in [6, 6.07) is 1.59. The van der Waals surface area contributed by atoms with Gasteiger partial charge in [-0.1, -0.05) is 25.9 Å². The molecule has 5 nitrogen and oxygen atoms in total. The van der Waals surface area contributed by atoms with Gasteiger partial charge in [0.05, 0.1) is 12.1 Å². The van der Waals surface area contributed by atoms with E-state index in [0.717, 1.165) is 19.3 Å². The smallest absolute Gasteiger partial charge is 0.276 e. The molecule has 1 aliphatic rings. The highest BCUT2D eigenvalue weighted by Crippen LogP contribution is 2.26. The second-order valence-electron chi connectivity index (χ2n) is 6.31. The maximum Gasteiger partial charge on any atom is 0.276 e. The lowest BCUT2D eigenvalue weighted by atomic mass is 9.93. The minimum Gasteiger partial charge on any atom is -0.391 e. The summed E-state index contributed by atoms with van der Waals surface area (Å²) in [5, 5.41) is 13.7. The monoisotopic (exact) mass is 266 g/mol. The average molecular weight is 266 g/mol. The molecule has 1 heterocycles. The molecule has 0 radical (unpaired) electrons. The van der Waals surface area contributed by atoms with Crippen molar-refractivity contribution in [2.75, 3.05) is 7.05 Å². The van der Waals surface area contributed by atoms with E-state index in [4.69, 9.17) is 4.52 Å². The summed E-state index contributed by atoms with van der Waals surface area (Å²) in [5.74, 6) is 0.501. The summed E-state index contributed by atoms with van der Waals surface area (Å²) in [6.45, 7) is 6.02. The van der Waals surface area contributed by atoms with Crippen molar-refractivity contribution in [2.24, 2.45) is 0 Å². The Kier molecular flexibility index (Phi) is 3.67. The molecule has 0 aliphatic heterocycles. The van der Waals surface area contributed by atoms with Gasteiger partial charge in [-0.2, -0.15) is 0 Å². The van der Waals surface area contributed by atoms with Crippen LogP contribution >= 0.6 is 0 Å². The molecule has 1 saturated carbocycles. The number of carbonyl (C=O) groups is 1. The molecule has 0 saturated heterocycles. The third-order valence-electron chi connectivity index (χ3n) is 3.73. The molecule has 1 aromatic rings. The van der Waals surface area contributed by atoms with Gasteiger partial charge >= 0.3 is 0 Å². The van der Waals surface area contributed by atoms with E-state index in [1.54, 1.807) is 18.0 Å². The van der Waals surface area contributed by atoms with Gasteiger partial charge in [0, 0.05) is 18.5 Å². The van der Waals surface area contributed by atoms with Crippen molar-refractivity contribution in [3.05, 3.63) is 17.5 Å². The van der Waals surface area contributed by atoms with Crippen molar-refractivity contribution in [3.63, 3.8) is 0 Å². The van der Waals surface area contributed by atoms with Crippen molar-refractivity contribution < 1.29 is 14.4 Å². The lowest BCUT2D eigenvalue weighted by Crippen LogP contribution is -2.41. The van der Waals surface area contributed by atoms with Crippen LogP contribution in [0.1, 0.15) is 56.3 Å². The van der Waals surface area contributed by atoms with Gasteiger partial charge in [-0.3, -0.25) is 4.79 Å². The number of amides is 1. The minimum absolute atomic E-state index is 0.109. The van der Waals surface area contributed by atoms with Crippen LogP contribution < -0.4 is 0 Å². The number of hydrogen-bond acceptors (Lipinski definition) is 4. The Morgan fingerprint density at radius 2 is 2.16 bits per heavy atom. The van der Waals surface area contributed by atoms with Crippen LogP contribution in [-0.4, -0.2) is 40.3 Å². The maximum absolute atomic E-state index is 12.3. The normalized spacial score (nSPS) is 23.6. The van der Waals surface area contributed by atoms with E-state index in [1.807, 2.05) is 20.8 Å². The number of aliphatic hydroxyl groups excluding tert-OH is 1. The molecular weight excluding hydrogens is 244 g/mol. The highest BCUT2D eigenvalue weighted by atomic mass is 16.5. The average Bonchev–Trinajstić information content (AvgIpc) is 2.94. The Morgan fingerprint density at radius 1 is 1.47 bits per heavy atom. The molecule has 2 atom stereocenters. The van der Waals surface area contributed by atoms with E-state index >= 15 is 0 Å². The van der Waals surface area contributed by atoms with Crippen LogP contribution in [0.15, 0.2) is 10.6 Å². The van der Waals surface area contributed by atoms with Gasteiger partial charge in [-0.25, -0.2) is 0 Å². The van der Waals surface area contributed by atoms with Gasteiger partial charge in [0.2, 0.25) is 0 Å². The summed E-state index contributed by atoms with van der Waals surface area (Å²) in [4.78, 5) is 13.9. The second kappa shape index (κ2) is 4.96. The third kappa shape index (κ3) is 2.81. The third-order valence-corrected chi connectivity index (χ3v) is 3.73. The summed E-state index contributed by atoms with van der Waals surface area (Å²) < 4.78 is 5.23. The van der Waals surface area contributed by atoms with E-state index in [0.29, 0.717) is 11.5 Å². The molecule has 0 aromatic carbocycles. The number of rotatable bonds is 2. The number of aliphatic hydroxyl groups is 1. The summed E-state index contributed by atoms with van der Waals surface area (Å²) >= 11 is 0. The van der Waals surface area contributed by atoms with Crippen LogP contribution in [0.4, 0.5) is 0 Å². The molecule has 0 spiro atoms. The Balaban J connectivity index is 2.13. The van der Waals surface area contributed by atoms with Crippen LogP contribution in [0.2, 0.25) is 0 Å². The van der Waals surface area contributed by atoms with E-state index in [-0.39, 0.29) is 17.4 Å². The first-order chi connectivity index (χ1) is 8.80. The van der Waals surface area contributed by atoms with Crippen molar-refractivity contribution >= 4 is 5.91 Å². The Bertz CT molecular complexity index is 462. The zero-order valence-corrected chi connectivity index (χ0v) is 12.0. The highest BCUT2D eigenvalue weighted by Gasteiger charge is 2.33. The molecule has 0 unspecified atom stereocenters. The number of nitrogens with zero attached hydrogens (tertiary/aromatic N) is 2. The molecule has 0 bridgehead atoms. The zero-order chi connectivity index (χ0) is 14.2. The summed E-state index contributed by atoms with van der Waals surface area (Å²) in [6.07, 6.45) is 2.12. The highest BCUT2D eigenvalue weighted by molar-refractivity contribution is 5.92.